The van der Waals surface area contributed by atoms with E-state index in [-0.39, 0.29) is 24.6 Å². The molecule has 0 radical (unpaired) electrons. The second-order valence-electron chi connectivity index (χ2n) is 5.47. The Morgan fingerprint density at radius 1 is 1.35 bits per heavy atom. The third kappa shape index (κ3) is 3.57. The highest BCUT2D eigenvalue weighted by atomic mass is 16.3. The maximum Gasteiger partial charge on any atom is 0.325 e. The zero-order valence-electron chi connectivity index (χ0n) is 11.4. The number of nitrogens with zero attached hydrogens (tertiary/aromatic N) is 1. The van der Waals surface area contributed by atoms with Crippen molar-refractivity contribution in [2.24, 2.45) is 0 Å². The first kappa shape index (κ1) is 14.5. The maximum absolute atomic E-state index is 12.0. The SMILES string of the molecule is CN(CC1(O)CCCC1)C(=O)Cc1cc(=O)[nH]c(=O)[nH]1. The summed E-state index contributed by atoms with van der Waals surface area (Å²) >= 11 is 0. The van der Waals surface area contributed by atoms with Gasteiger partial charge in [0.15, 0.2) is 0 Å². The first-order chi connectivity index (χ1) is 9.38. The van der Waals surface area contributed by atoms with Gasteiger partial charge in [0.1, 0.15) is 0 Å². The molecular weight excluding hydrogens is 262 g/mol. The van der Waals surface area contributed by atoms with Crippen molar-refractivity contribution in [1.29, 1.82) is 0 Å². The van der Waals surface area contributed by atoms with Gasteiger partial charge >= 0.3 is 5.69 Å². The van der Waals surface area contributed by atoms with Crippen molar-refractivity contribution in [2.45, 2.75) is 37.7 Å². The Labute approximate surface area is 115 Å². The van der Waals surface area contributed by atoms with E-state index in [0.29, 0.717) is 12.8 Å². The molecule has 7 nitrogen and oxygen atoms in total. The maximum atomic E-state index is 12.0. The van der Waals surface area contributed by atoms with Crippen molar-refractivity contribution in [2.75, 3.05) is 13.6 Å². The second kappa shape index (κ2) is 5.62. The van der Waals surface area contributed by atoms with Gasteiger partial charge in [-0.1, -0.05) is 12.8 Å². The van der Waals surface area contributed by atoms with Crippen LogP contribution < -0.4 is 11.2 Å². The average molecular weight is 281 g/mol. The molecule has 0 bridgehead atoms. The minimum Gasteiger partial charge on any atom is -0.388 e. The zero-order chi connectivity index (χ0) is 14.8. The van der Waals surface area contributed by atoms with E-state index in [9.17, 15) is 19.5 Å². The van der Waals surface area contributed by atoms with E-state index >= 15 is 0 Å². The number of amides is 1. The number of rotatable bonds is 4. The minimum absolute atomic E-state index is 0.0638. The summed E-state index contributed by atoms with van der Waals surface area (Å²) in [5.41, 5.74) is -1.69. The molecule has 110 valence electrons. The molecule has 3 N–H and O–H groups in total. The van der Waals surface area contributed by atoms with Crippen molar-refractivity contribution in [1.82, 2.24) is 14.9 Å². The van der Waals surface area contributed by atoms with E-state index in [1.807, 2.05) is 4.98 Å². The largest absolute Gasteiger partial charge is 0.388 e. The molecule has 0 saturated heterocycles. The van der Waals surface area contributed by atoms with Gasteiger partial charge in [-0.3, -0.25) is 14.6 Å². The number of carbonyl (C=O) groups excluding carboxylic acids is 1. The molecule has 1 fully saturated rings. The van der Waals surface area contributed by atoms with Crippen LogP contribution in [0, 0.1) is 0 Å². The molecule has 1 aliphatic carbocycles. The molecule has 1 amide bonds. The van der Waals surface area contributed by atoms with Crippen LogP contribution in [0.5, 0.6) is 0 Å². The van der Waals surface area contributed by atoms with Gasteiger partial charge in [-0.05, 0) is 12.8 Å². The molecule has 1 aliphatic rings. The number of nitrogens with one attached hydrogen (secondary N) is 2. The summed E-state index contributed by atoms with van der Waals surface area (Å²) in [5.74, 6) is -0.244. The number of aromatic amines is 2. The number of carbonyl (C=O) groups is 1. The first-order valence-electron chi connectivity index (χ1n) is 6.67. The summed E-state index contributed by atoms with van der Waals surface area (Å²) in [6.07, 6.45) is 3.28. The van der Waals surface area contributed by atoms with Gasteiger partial charge in [0.2, 0.25) is 5.91 Å². The van der Waals surface area contributed by atoms with Gasteiger partial charge < -0.3 is 15.0 Å². The summed E-state index contributed by atoms with van der Waals surface area (Å²) in [5, 5.41) is 10.3. The Morgan fingerprint density at radius 3 is 2.60 bits per heavy atom. The summed E-state index contributed by atoms with van der Waals surface area (Å²) < 4.78 is 0. The standard InChI is InChI=1S/C13H19N3O4/c1-16(8-13(20)4-2-3-5-13)11(18)7-9-6-10(17)15-12(19)14-9/h6,20H,2-5,7-8H2,1H3,(H2,14,15,17,19). The minimum atomic E-state index is -0.800. The van der Waals surface area contributed by atoms with Gasteiger partial charge in [-0.15, -0.1) is 0 Å². The van der Waals surface area contributed by atoms with Crippen molar-refractivity contribution in [3.63, 3.8) is 0 Å². The molecule has 7 heteroatoms. The van der Waals surface area contributed by atoms with Gasteiger partial charge in [-0.25, -0.2) is 4.79 Å². The molecule has 0 aromatic carbocycles. The van der Waals surface area contributed by atoms with Crippen LogP contribution in [0.15, 0.2) is 15.7 Å². The second-order valence-corrected chi connectivity index (χ2v) is 5.47. The third-order valence-electron chi connectivity index (χ3n) is 3.65. The topological polar surface area (TPSA) is 106 Å². The van der Waals surface area contributed by atoms with Crippen molar-refractivity contribution < 1.29 is 9.90 Å². The van der Waals surface area contributed by atoms with Crippen LogP contribution in [0.2, 0.25) is 0 Å². The Bertz CT molecular complexity index is 570. The van der Waals surface area contributed by atoms with Crippen LogP contribution >= 0.6 is 0 Å². The van der Waals surface area contributed by atoms with E-state index in [2.05, 4.69) is 4.98 Å². The molecule has 1 aromatic heterocycles. The van der Waals surface area contributed by atoms with Crippen molar-refractivity contribution >= 4 is 5.91 Å². The van der Waals surface area contributed by atoms with Gasteiger partial charge in [0.05, 0.1) is 12.0 Å². The fourth-order valence-electron chi connectivity index (χ4n) is 2.63. The molecule has 0 atom stereocenters. The Hall–Kier alpha value is -1.89. The average Bonchev–Trinajstić information content (AvgIpc) is 2.74. The lowest BCUT2D eigenvalue weighted by Gasteiger charge is -2.28. The van der Waals surface area contributed by atoms with Crippen LogP contribution in [-0.4, -0.2) is 45.1 Å². The fraction of sp³-hybridized carbons (Fsp3) is 0.615. The Morgan fingerprint density at radius 2 is 2.00 bits per heavy atom. The quantitative estimate of drug-likeness (QED) is 0.683. The van der Waals surface area contributed by atoms with Crippen molar-refractivity contribution in [3.8, 4) is 0 Å². The zero-order valence-corrected chi connectivity index (χ0v) is 11.4. The van der Waals surface area contributed by atoms with E-state index in [1.54, 1.807) is 7.05 Å². The normalized spacial score (nSPS) is 17.1. The Kier molecular flexibility index (Phi) is 4.08. The predicted molar refractivity (Wildman–Crippen MR) is 72.4 cm³/mol. The third-order valence-corrected chi connectivity index (χ3v) is 3.65. The number of likely N-dealkylation sites (N-methyl/N-ethyl adjacent to an activating group) is 1. The van der Waals surface area contributed by atoms with Crippen molar-refractivity contribution in [3.05, 3.63) is 32.6 Å². The van der Waals surface area contributed by atoms with Crippen LogP contribution in [0.1, 0.15) is 31.4 Å². The molecule has 0 aliphatic heterocycles. The molecule has 1 saturated carbocycles. The van der Waals surface area contributed by atoms with Gasteiger partial charge in [0.25, 0.3) is 5.56 Å². The summed E-state index contributed by atoms with van der Waals surface area (Å²) in [4.78, 5) is 40.2. The monoisotopic (exact) mass is 281 g/mol. The number of aliphatic hydroxyl groups is 1. The lowest BCUT2D eigenvalue weighted by molar-refractivity contribution is -0.132. The predicted octanol–water partition coefficient (Wildman–Crippen LogP) is -0.631. The number of aromatic nitrogens is 2. The smallest absolute Gasteiger partial charge is 0.325 e. The number of H-pyrrole nitrogens is 2. The highest BCUT2D eigenvalue weighted by Crippen LogP contribution is 2.29. The highest BCUT2D eigenvalue weighted by Gasteiger charge is 2.33. The van der Waals surface area contributed by atoms with E-state index in [0.717, 1.165) is 12.8 Å². The van der Waals surface area contributed by atoms with Crippen LogP contribution in [-0.2, 0) is 11.2 Å². The number of hydrogen-bond donors (Lipinski definition) is 3. The van der Waals surface area contributed by atoms with Gasteiger partial charge in [-0.2, -0.15) is 0 Å². The lowest BCUT2D eigenvalue weighted by Crippen LogP contribution is -2.42. The van der Waals surface area contributed by atoms with Crippen LogP contribution in [0.4, 0.5) is 0 Å². The van der Waals surface area contributed by atoms with E-state index in [4.69, 9.17) is 0 Å². The first-order valence-corrected chi connectivity index (χ1v) is 6.67. The molecule has 0 spiro atoms. The number of hydrogen-bond acceptors (Lipinski definition) is 4. The molecule has 2 rings (SSSR count). The molecular formula is C13H19N3O4. The van der Waals surface area contributed by atoms with Crippen LogP contribution in [0.3, 0.4) is 0 Å². The summed E-state index contributed by atoms with van der Waals surface area (Å²) in [6.45, 7) is 0.277. The summed E-state index contributed by atoms with van der Waals surface area (Å²) in [6, 6.07) is 1.19. The van der Waals surface area contributed by atoms with Gasteiger partial charge in [0, 0.05) is 25.4 Å². The van der Waals surface area contributed by atoms with Crippen LogP contribution in [0.25, 0.3) is 0 Å². The van der Waals surface area contributed by atoms with E-state index < -0.39 is 16.9 Å². The molecule has 20 heavy (non-hydrogen) atoms. The lowest BCUT2D eigenvalue weighted by atomic mass is 10.0. The fourth-order valence-corrected chi connectivity index (χ4v) is 2.63. The highest BCUT2D eigenvalue weighted by molar-refractivity contribution is 5.78. The molecule has 0 unspecified atom stereocenters. The molecule has 1 aromatic rings. The summed E-state index contributed by atoms with van der Waals surface area (Å²) in [7, 11) is 1.61. The Balaban J connectivity index is 2.00. The van der Waals surface area contributed by atoms with E-state index in [1.165, 1.54) is 11.0 Å². The molecule has 1 heterocycles.